The summed E-state index contributed by atoms with van der Waals surface area (Å²) >= 11 is 5.85. The Labute approximate surface area is 235 Å². The van der Waals surface area contributed by atoms with Gasteiger partial charge >= 0.3 is 0 Å². The molecule has 39 heavy (non-hydrogen) atoms. The van der Waals surface area contributed by atoms with E-state index in [4.69, 9.17) is 21.1 Å². The molecule has 2 heterocycles. The molecule has 2 aliphatic heterocycles. The highest BCUT2D eigenvalue weighted by Gasteiger charge is 2.72. The van der Waals surface area contributed by atoms with E-state index in [1.54, 1.807) is 31.4 Å². The Morgan fingerprint density at radius 1 is 1.26 bits per heavy atom. The molecule has 1 saturated heterocycles. The molecule has 2 N–H and O–H groups in total. The Balaban J connectivity index is 0.000000171. The molecule has 1 unspecified atom stereocenters. The monoisotopic (exact) mass is 554 g/mol. The van der Waals surface area contributed by atoms with Crippen molar-refractivity contribution in [2.24, 2.45) is 0 Å². The Kier molecular flexibility index (Phi) is 7.11. The van der Waals surface area contributed by atoms with E-state index in [0.717, 1.165) is 24.9 Å². The summed E-state index contributed by atoms with van der Waals surface area (Å²) in [6.45, 7) is 8.85. The van der Waals surface area contributed by atoms with Gasteiger partial charge in [0.1, 0.15) is 0 Å². The van der Waals surface area contributed by atoms with E-state index in [9.17, 15) is 14.7 Å². The number of nitrogens with zero attached hydrogens (tertiary/aromatic N) is 1. The van der Waals surface area contributed by atoms with Crippen molar-refractivity contribution in [1.29, 1.82) is 0 Å². The zero-order valence-electron chi connectivity index (χ0n) is 23.6. The molecule has 2 aromatic rings. The van der Waals surface area contributed by atoms with Gasteiger partial charge < -0.3 is 24.8 Å². The van der Waals surface area contributed by atoms with Crippen LogP contribution in [0.5, 0.6) is 11.5 Å². The summed E-state index contributed by atoms with van der Waals surface area (Å²) in [4.78, 5) is 27.0. The predicted octanol–water partition coefficient (Wildman–Crippen LogP) is 4.35. The molecule has 210 valence electrons. The van der Waals surface area contributed by atoms with Gasteiger partial charge in [-0.05, 0) is 84.3 Å². The number of rotatable bonds is 4. The van der Waals surface area contributed by atoms with Gasteiger partial charge in [0.25, 0.3) is 0 Å². The first-order valence-corrected chi connectivity index (χ1v) is 14.1. The standard InChI is InChI=1S/C18H21NO4.C13H18ClNO/c1-19-8-7-17-14-10-3-4-12(22-2)15(14)23-16(17)11(20)5-6-18(17,21)13(19)9-10;1-9(15-13(2,3)4)12(16)10-6-5-7-11(14)8-10/h3-4,13,16,21H,5-9H2,1-2H3;5-9,15H,1-4H3/t13-,16+,17+,18-;/m1./s1. The molecular formula is C31H39ClN2O5. The summed E-state index contributed by atoms with van der Waals surface area (Å²) in [5.41, 5.74) is 1.31. The minimum Gasteiger partial charge on any atom is -0.493 e. The number of piperidine rings is 1. The molecule has 2 aliphatic carbocycles. The van der Waals surface area contributed by atoms with E-state index >= 15 is 0 Å². The number of ketones is 2. The molecule has 5 atom stereocenters. The Bertz CT molecular complexity index is 1310. The number of aliphatic hydroxyl groups is 1. The number of carbonyl (C=O) groups excluding carboxylic acids is 2. The molecule has 6 rings (SSSR count). The average molecular weight is 555 g/mol. The second kappa shape index (κ2) is 9.88. The fourth-order valence-electron chi connectivity index (χ4n) is 7.29. The lowest BCUT2D eigenvalue weighted by Gasteiger charge is -2.62. The smallest absolute Gasteiger partial charge is 0.179 e. The molecule has 1 saturated carbocycles. The van der Waals surface area contributed by atoms with Crippen LogP contribution in [0.25, 0.3) is 0 Å². The third-order valence-corrected chi connectivity index (χ3v) is 9.12. The van der Waals surface area contributed by atoms with Crippen LogP contribution in [0.4, 0.5) is 0 Å². The summed E-state index contributed by atoms with van der Waals surface area (Å²) in [6, 6.07) is 10.9. The Morgan fingerprint density at radius 3 is 2.67 bits per heavy atom. The Morgan fingerprint density at radius 2 is 2.00 bits per heavy atom. The second-order valence-electron chi connectivity index (χ2n) is 12.4. The topological polar surface area (TPSA) is 88.1 Å². The minimum atomic E-state index is -0.900. The fourth-order valence-corrected chi connectivity index (χ4v) is 7.48. The number of Topliss-reactive ketones (excluding diaryl/α,β-unsaturated/α-hetero) is 2. The maximum atomic E-state index is 12.7. The number of methoxy groups -OCH3 is 1. The molecule has 1 spiro atoms. The summed E-state index contributed by atoms with van der Waals surface area (Å²) in [7, 11) is 3.70. The minimum absolute atomic E-state index is 0.0438. The van der Waals surface area contributed by atoms with Crippen molar-refractivity contribution in [3.8, 4) is 11.5 Å². The van der Waals surface area contributed by atoms with Gasteiger partial charge in [0, 0.05) is 34.2 Å². The van der Waals surface area contributed by atoms with Crippen molar-refractivity contribution >= 4 is 23.2 Å². The maximum absolute atomic E-state index is 12.7. The third kappa shape index (κ3) is 4.48. The van der Waals surface area contributed by atoms with Crippen LogP contribution in [0.15, 0.2) is 36.4 Å². The number of hydrogen-bond donors (Lipinski definition) is 2. The molecule has 0 aromatic heterocycles. The van der Waals surface area contributed by atoms with Crippen LogP contribution in [0.1, 0.15) is 68.4 Å². The zero-order valence-corrected chi connectivity index (χ0v) is 24.4. The van der Waals surface area contributed by atoms with Crippen LogP contribution in [0.3, 0.4) is 0 Å². The molecule has 8 heteroatoms. The van der Waals surface area contributed by atoms with Gasteiger partial charge in [0.05, 0.1) is 24.2 Å². The molecule has 0 radical (unpaired) electrons. The first-order chi connectivity index (χ1) is 18.3. The first-order valence-electron chi connectivity index (χ1n) is 13.7. The number of likely N-dealkylation sites (tertiary alicyclic amines) is 1. The van der Waals surface area contributed by atoms with Crippen molar-refractivity contribution in [2.75, 3.05) is 20.7 Å². The third-order valence-electron chi connectivity index (χ3n) is 8.88. The quantitative estimate of drug-likeness (QED) is 0.543. The van der Waals surface area contributed by atoms with E-state index < -0.39 is 17.1 Å². The van der Waals surface area contributed by atoms with Crippen LogP contribution < -0.4 is 14.8 Å². The van der Waals surface area contributed by atoms with Crippen molar-refractivity contribution in [3.63, 3.8) is 0 Å². The lowest BCUT2D eigenvalue weighted by atomic mass is 9.49. The lowest BCUT2D eigenvalue weighted by Crippen LogP contribution is -2.76. The summed E-state index contributed by atoms with van der Waals surface area (Å²) in [5.74, 6) is 1.54. The van der Waals surface area contributed by atoms with E-state index in [1.165, 1.54) is 5.56 Å². The number of nitrogens with one attached hydrogen (secondary N) is 1. The van der Waals surface area contributed by atoms with Crippen LogP contribution in [-0.2, 0) is 16.6 Å². The van der Waals surface area contributed by atoms with Gasteiger partial charge in [-0.3, -0.25) is 9.59 Å². The van der Waals surface area contributed by atoms with Crippen molar-refractivity contribution in [3.05, 3.63) is 58.1 Å². The average Bonchev–Trinajstić information content (AvgIpc) is 3.23. The van der Waals surface area contributed by atoms with Gasteiger partial charge in [-0.1, -0.05) is 29.8 Å². The predicted molar refractivity (Wildman–Crippen MR) is 151 cm³/mol. The highest BCUT2D eigenvalue weighted by atomic mass is 35.5. The van der Waals surface area contributed by atoms with Crippen LogP contribution in [0.2, 0.25) is 5.02 Å². The molecule has 2 bridgehead atoms. The van der Waals surface area contributed by atoms with Gasteiger partial charge in [0.2, 0.25) is 0 Å². The van der Waals surface area contributed by atoms with Crippen molar-refractivity contribution in [1.82, 2.24) is 10.2 Å². The number of halogens is 1. The number of hydrogen-bond acceptors (Lipinski definition) is 7. The molecule has 2 aromatic carbocycles. The zero-order chi connectivity index (χ0) is 28.3. The van der Waals surface area contributed by atoms with E-state index in [0.29, 0.717) is 34.9 Å². The first kappa shape index (κ1) is 28.1. The largest absolute Gasteiger partial charge is 0.493 e. The van der Waals surface area contributed by atoms with Gasteiger partial charge in [0.15, 0.2) is 29.2 Å². The van der Waals surface area contributed by atoms with Gasteiger partial charge in [-0.15, -0.1) is 0 Å². The Hall–Kier alpha value is -2.45. The highest BCUT2D eigenvalue weighted by molar-refractivity contribution is 6.31. The SMILES string of the molecule is CC(NC(C)(C)C)C(=O)c1cccc(Cl)c1.COc1ccc2c3c1O[C@H]1C(=O)CC[C@@]4(O)[C@@H](C2)N(C)CC[C@]314. The maximum Gasteiger partial charge on any atom is 0.179 e. The van der Waals surface area contributed by atoms with Gasteiger partial charge in [-0.2, -0.15) is 0 Å². The second-order valence-corrected chi connectivity index (χ2v) is 12.9. The molecule has 2 fully saturated rings. The van der Waals surface area contributed by atoms with Crippen molar-refractivity contribution < 1.29 is 24.2 Å². The van der Waals surface area contributed by atoms with Crippen LogP contribution in [0, 0.1) is 0 Å². The number of benzene rings is 2. The molecule has 4 aliphatic rings. The van der Waals surface area contributed by atoms with Crippen LogP contribution >= 0.6 is 11.6 Å². The number of carbonyl (C=O) groups is 2. The normalized spacial score (nSPS) is 29.5. The fraction of sp³-hybridized carbons (Fsp3) is 0.548. The van der Waals surface area contributed by atoms with E-state index in [-0.39, 0.29) is 29.2 Å². The summed E-state index contributed by atoms with van der Waals surface area (Å²) in [6.07, 6.45) is 1.89. The number of ether oxygens (including phenoxy) is 2. The van der Waals surface area contributed by atoms with Crippen LogP contribution in [-0.4, -0.2) is 71.6 Å². The summed E-state index contributed by atoms with van der Waals surface area (Å²) < 4.78 is 11.6. The number of likely N-dealkylation sites (N-methyl/N-ethyl adjacent to an activating group) is 1. The molecular weight excluding hydrogens is 516 g/mol. The van der Waals surface area contributed by atoms with Gasteiger partial charge in [-0.25, -0.2) is 0 Å². The van der Waals surface area contributed by atoms with E-state index in [1.807, 2.05) is 33.8 Å². The molecule has 7 nitrogen and oxygen atoms in total. The molecule has 0 amide bonds. The lowest BCUT2D eigenvalue weighted by molar-refractivity contribution is -0.185. The van der Waals surface area contributed by atoms with E-state index in [2.05, 4.69) is 23.3 Å². The summed E-state index contributed by atoms with van der Waals surface area (Å²) in [5, 5.41) is 15.6. The highest BCUT2D eigenvalue weighted by Crippen LogP contribution is 2.64. The van der Waals surface area contributed by atoms with Crippen molar-refractivity contribution in [2.45, 2.75) is 88.1 Å².